The van der Waals surface area contributed by atoms with E-state index in [1.165, 1.54) is 5.56 Å². The van der Waals surface area contributed by atoms with Crippen LogP contribution in [-0.2, 0) is 13.6 Å². The summed E-state index contributed by atoms with van der Waals surface area (Å²) in [5.41, 5.74) is 3.38. The Kier molecular flexibility index (Phi) is 3.73. The van der Waals surface area contributed by atoms with Gasteiger partial charge in [-0.3, -0.25) is 4.68 Å². The van der Waals surface area contributed by atoms with E-state index in [1.54, 1.807) is 0 Å². The number of hydrogen-bond acceptors (Lipinski definition) is 2. The van der Waals surface area contributed by atoms with Crippen LogP contribution in [0.5, 0.6) is 0 Å². The fraction of sp³-hybridized carbons (Fsp3) is 0.111. The number of nitrogens with zero attached hydrogens (tertiary/aromatic N) is 3. The second-order valence-corrected chi connectivity index (χ2v) is 5.09. The predicted octanol–water partition coefficient (Wildman–Crippen LogP) is 3.94. The first-order valence-electron chi connectivity index (χ1n) is 6.95. The standard InChI is InChI=1S/C18H18N3/c1-15-8-10-17(11-9-15)21(18-12-13-20(2)19-18)14-16-6-4-3-5-7-16/h3-13H,1,14H2,2H3. The van der Waals surface area contributed by atoms with Crippen molar-refractivity contribution >= 4 is 11.5 Å². The minimum Gasteiger partial charge on any atom is -0.320 e. The third kappa shape index (κ3) is 3.14. The SMILES string of the molecule is [CH2]c1ccc(N(Cc2ccccc2)c2ccn(C)n2)cc1. The van der Waals surface area contributed by atoms with Crippen LogP contribution in [0.2, 0.25) is 0 Å². The Morgan fingerprint density at radius 2 is 1.71 bits per heavy atom. The van der Waals surface area contributed by atoms with E-state index in [0.29, 0.717) is 0 Å². The van der Waals surface area contributed by atoms with Crippen LogP contribution in [0.25, 0.3) is 0 Å². The number of hydrogen-bond donors (Lipinski definition) is 0. The molecular weight excluding hydrogens is 258 g/mol. The maximum absolute atomic E-state index is 4.53. The van der Waals surface area contributed by atoms with Gasteiger partial charge in [-0.1, -0.05) is 42.5 Å². The molecule has 1 heterocycles. The lowest BCUT2D eigenvalue weighted by Gasteiger charge is -2.22. The Balaban J connectivity index is 1.96. The molecule has 0 saturated carbocycles. The van der Waals surface area contributed by atoms with Crippen molar-refractivity contribution in [3.05, 3.63) is 84.9 Å². The van der Waals surface area contributed by atoms with E-state index in [9.17, 15) is 0 Å². The maximum Gasteiger partial charge on any atom is 0.155 e. The Labute approximate surface area is 125 Å². The fourth-order valence-corrected chi connectivity index (χ4v) is 2.29. The molecule has 0 fully saturated rings. The Bertz CT molecular complexity index is 699. The molecule has 105 valence electrons. The van der Waals surface area contributed by atoms with Crippen molar-refractivity contribution in [2.75, 3.05) is 4.90 Å². The molecule has 1 aromatic heterocycles. The molecule has 3 heteroatoms. The first-order chi connectivity index (χ1) is 10.2. The van der Waals surface area contributed by atoms with Crippen LogP contribution in [0.3, 0.4) is 0 Å². The first-order valence-corrected chi connectivity index (χ1v) is 6.95. The molecule has 0 aliphatic carbocycles. The summed E-state index contributed by atoms with van der Waals surface area (Å²) in [6.45, 7) is 4.73. The van der Waals surface area contributed by atoms with E-state index in [0.717, 1.165) is 23.6 Å². The van der Waals surface area contributed by atoms with Gasteiger partial charge < -0.3 is 4.90 Å². The third-order valence-corrected chi connectivity index (χ3v) is 3.41. The lowest BCUT2D eigenvalue weighted by Crippen LogP contribution is -2.17. The summed E-state index contributed by atoms with van der Waals surface area (Å²) in [5, 5.41) is 4.53. The zero-order chi connectivity index (χ0) is 14.7. The van der Waals surface area contributed by atoms with Crippen molar-refractivity contribution in [1.29, 1.82) is 0 Å². The molecule has 0 bridgehead atoms. The van der Waals surface area contributed by atoms with E-state index in [2.05, 4.69) is 53.3 Å². The van der Waals surface area contributed by atoms with Crippen LogP contribution in [0.4, 0.5) is 11.5 Å². The van der Waals surface area contributed by atoms with Gasteiger partial charge in [0.15, 0.2) is 5.82 Å². The molecule has 0 unspecified atom stereocenters. The molecule has 3 rings (SSSR count). The van der Waals surface area contributed by atoms with Gasteiger partial charge in [0.25, 0.3) is 0 Å². The highest BCUT2D eigenvalue weighted by atomic mass is 15.3. The van der Waals surface area contributed by atoms with Gasteiger partial charge in [-0.25, -0.2) is 0 Å². The number of aromatic nitrogens is 2. The number of benzene rings is 2. The minimum atomic E-state index is 0.786. The van der Waals surface area contributed by atoms with E-state index >= 15 is 0 Å². The maximum atomic E-state index is 4.53. The molecular formula is C18H18N3. The van der Waals surface area contributed by atoms with E-state index < -0.39 is 0 Å². The molecule has 0 saturated heterocycles. The van der Waals surface area contributed by atoms with Gasteiger partial charge in [0.2, 0.25) is 0 Å². The second-order valence-electron chi connectivity index (χ2n) is 5.09. The van der Waals surface area contributed by atoms with Crippen molar-refractivity contribution in [1.82, 2.24) is 9.78 Å². The van der Waals surface area contributed by atoms with Crippen LogP contribution in [0.1, 0.15) is 11.1 Å². The molecule has 0 aliphatic rings. The first kappa shape index (κ1) is 13.4. The third-order valence-electron chi connectivity index (χ3n) is 3.41. The normalized spacial score (nSPS) is 10.6. The van der Waals surface area contributed by atoms with Crippen molar-refractivity contribution in [3.63, 3.8) is 0 Å². The van der Waals surface area contributed by atoms with Gasteiger partial charge in [0.1, 0.15) is 0 Å². The van der Waals surface area contributed by atoms with Crippen LogP contribution in [0.15, 0.2) is 66.9 Å². The molecule has 0 spiro atoms. The number of aryl methyl sites for hydroxylation is 1. The van der Waals surface area contributed by atoms with Crippen LogP contribution < -0.4 is 4.90 Å². The van der Waals surface area contributed by atoms with Crippen molar-refractivity contribution < 1.29 is 0 Å². The monoisotopic (exact) mass is 276 g/mol. The molecule has 2 aromatic carbocycles. The smallest absolute Gasteiger partial charge is 0.155 e. The summed E-state index contributed by atoms with van der Waals surface area (Å²) in [4.78, 5) is 2.20. The highest BCUT2D eigenvalue weighted by Gasteiger charge is 2.12. The predicted molar refractivity (Wildman–Crippen MR) is 86.4 cm³/mol. The molecule has 21 heavy (non-hydrogen) atoms. The molecule has 0 N–H and O–H groups in total. The Morgan fingerprint density at radius 1 is 1.00 bits per heavy atom. The van der Waals surface area contributed by atoms with Crippen LogP contribution in [-0.4, -0.2) is 9.78 Å². The Morgan fingerprint density at radius 3 is 2.33 bits per heavy atom. The summed E-state index contributed by atoms with van der Waals surface area (Å²) in [6, 6.07) is 20.7. The Hall–Kier alpha value is -2.55. The van der Waals surface area contributed by atoms with Gasteiger partial charge in [-0.15, -0.1) is 0 Å². The molecule has 0 amide bonds. The second kappa shape index (κ2) is 5.83. The molecule has 0 atom stereocenters. The lowest BCUT2D eigenvalue weighted by atomic mass is 10.1. The highest BCUT2D eigenvalue weighted by Crippen LogP contribution is 2.26. The molecule has 3 nitrogen and oxygen atoms in total. The summed E-state index contributed by atoms with van der Waals surface area (Å²) in [5.74, 6) is 0.943. The van der Waals surface area contributed by atoms with Crippen molar-refractivity contribution in [2.24, 2.45) is 7.05 Å². The largest absolute Gasteiger partial charge is 0.320 e. The lowest BCUT2D eigenvalue weighted by molar-refractivity contribution is 0.758. The van der Waals surface area contributed by atoms with E-state index in [1.807, 2.05) is 42.2 Å². The molecule has 0 aliphatic heterocycles. The zero-order valence-corrected chi connectivity index (χ0v) is 12.1. The van der Waals surface area contributed by atoms with Crippen molar-refractivity contribution in [2.45, 2.75) is 6.54 Å². The number of rotatable bonds is 4. The average molecular weight is 276 g/mol. The van der Waals surface area contributed by atoms with Crippen molar-refractivity contribution in [3.8, 4) is 0 Å². The van der Waals surface area contributed by atoms with Gasteiger partial charge in [-0.2, -0.15) is 5.10 Å². The average Bonchev–Trinajstić information content (AvgIpc) is 2.93. The molecule has 1 radical (unpaired) electrons. The van der Waals surface area contributed by atoms with Gasteiger partial charge in [0, 0.05) is 31.5 Å². The van der Waals surface area contributed by atoms with E-state index in [-0.39, 0.29) is 0 Å². The summed E-state index contributed by atoms with van der Waals surface area (Å²) < 4.78 is 1.82. The van der Waals surface area contributed by atoms with Gasteiger partial charge >= 0.3 is 0 Å². The quantitative estimate of drug-likeness (QED) is 0.719. The van der Waals surface area contributed by atoms with Crippen LogP contribution >= 0.6 is 0 Å². The number of anilines is 2. The summed E-state index contributed by atoms with van der Waals surface area (Å²) in [6.07, 6.45) is 1.96. The minimum absolute atomic E-state index is 0.786. The van der Waals surface area contributed by atoms with Gasteiger partial charge in [0.05, 0.1) is 0 Å². The molecule has 3 aromatic rings. The fourth-order valence-electron chi connectivity index (χ4n) is 2.29. The zero-order valence-electron chi connectivity index (χ0n) is 12.1. The summed E-state index contributed by atoms with van der Waals surface area (Å²) in [7, 11) is 1.93. The van der Waals surface area contributed by atoms with E-state index in [4.69, 9.17) is 0 Å². The van der Waals surface area contributed by atoms with Gasteiger partial charge in [-0.05, 0) is 30.2 Å². The topological polar surface area (TPSA) is 21.1 Å². The highest BCUT2D eigenvalue weighted by molar-refractivity contribution is 5.60. The van der Waals surface area contributed by atoms with Crippen LogP contribution in [0, 0.1) is 6.92 Å². The summed E-state index contributed by atoms with van der Waals surface area (Å²) >= 11 is 0.